The highest BCUT2D eigenvalue weighted by Gasteiger charge is 2.27. The van der Waals surface area contributed by atoms with Crippen LogP contribution < -0.4 is 0 Å². The van der Waals surface area contributed by atoms with Crippen LogP contribution in [0.3, 0.4) is 0 Å². The average Bonchev–Trinajstić information content (AvgIpc) is 2.63. The summed E-state index contributed by atoms with van der Waals surface area (Å²) in [7, 11) is -3.17. The van der Waals surface area contributed by atoms with Crippen molar-refractivity contribution in [3.63, 3.8) is 0 Å². The number of sulfone groups is 1. The molecule has 0 fully saturated rings. The summed E-state index contributed by atoms with van der Waals surface area (Å²) in [5, 5.41) is 3.21. The number of allylic oxidation sites excluding steroid dienone is 1. The molecule has 0 aromatic heterocycles. The highest BCUT2D eigenvalue weighted by Crippen LogP contribution is 2.31. The first kappa shape index (κ1) is 11.1. The average molecular weight is 232 g/mol. The van der Waals surface area contributed by atoms with Gasteiger partial charge in [0.25, 0.3) is 0 Å². The van der Waals surface area contributed by atoms with Gasteiger partial charge in [-0.1, -0.05) is 23.8 Å². The number of hydrogen-bond acceptors (Lipinski definition) is 5. The quantitative estimate of drug-likeness (QED) is 0.420. The van der Waals surface area contributed by atoms with Crippen LogP contribution in [-0.2, 0) is 9.84 Å². The Morgan fingerprint density at radius 3 is 3.14 bits per heavy atom. The van der Waals surface area contributed by atoms with Crippen LogP contribution in [0, 0.1) is 0 Å². The van der Waals surface area contributed by atoms with Gasteiger partial charge in [-0.3, -0.25) is 4.99 Å². The molecule has 1 aliphatic heterocycles. The normalized spacial score (nSPS) is 23.8. The maximum Gasteiger partial charge on any atom is 0.200 e. The largest absolute Gasteiger partial charge is 0.261 e. The summed E-state index contributed by atoms with van der Waals surface area (Å²) in [5.74, 6) is 0.0524. The molecular weight excluding hydrogens is 224 g/mol. The lowest BCUT2D eigenvalue weighted by atomic mass is 10.6. The van der Waals surface area contributed by atoms with Crippen molar-refractivity contribution in [1.82, 2.24) is 0 Å². The van der Waals surface area contributed by atoms with E-state index in [9.17, 15) is 8.42 Å². The molecule has 0 saturated carbocycles. The van der Waals surface area contributed by atoms with E-state index in [2.05, 4.69) is 15.0 Å². The van der Waals surface area contributed by atoms with Gasteiger partial charge in [0, 0.05) is 22.2 Å². The van der Waals surface area contributed by atoms with Crippen LogP contribution in [0.2, 0.25) is 0 Å². The molecular formula is C6H8N4O2S2. The molecule has 14 heavy (non-hydrogen) atoms. The molecule has 1 rings (SSSR count). The van der Waals surface area contributed by atoms with Gasteiger partial charge in [-0.05, 0) is 5.53 Å². The molecule has 6 nitrogen and oxygen atoms in total. The zero-order valence-corrected chi connectivity index (χ0v) is 8.99. The minimum Gasteiger partial charge on any atom is -0.261 e. The summed E-state index contributed by atoms with van der Waals surface area (Å²) in [6, 6.07) is 0. The van der Waals surface area contributed by atoms with E-state index in [1.54, 1.807) is 6.92 Å². The number of aliphatic imine (C=N–C) groups is 1. The third kappa shape index (κ3) is 2.50. The van der Waals surface area contributed by atoms with Crippen LogP contribution in [0.5, 0.6) is 0 Å². The third-order valence-electron chi connectivity index (χ3n) is 1.51. The van der Waals surface area contributed by atoms with E-state index in [1.165, 1.54) is 12.4 Å². The Hall–Kier alpha value is -0.980. The summed E-state index contributed by atoms with van der Waals surface area (Å²) >= 11 is 1.07. The first-order valence-corrected chi connectivity index (χ1v) is 6.35. The fourth-order valence-corrected chi connectivity index (χ4v) is 3.21. The van der Waals surface area contributed by atoms with Crippen LogP contribution >= 0.6 is 11.8 Å². The van der Waals surface area contributed by atoms with Gasteiger partial charge in [-0.25, -0.2) is 8.42 Å². The number of rotatable bonds is 3. The lowest BCUT2D eigenvalue weighted by Crippen LogP contribution is -2.15. The predicted octanol–water partition coefficient (Wildman–Crippen LogP) is 1.67. The van der Waals surface area contributed by atoms with E-state index < -0.39 is 14.5 Å². The Balaban J connectivity index is 2.78. The van der Waals surface area contributed by atoms with E-state index in [0.717, 1.165) is 11.8 Å². The first-order chi connectivity index (χ1) is 6.60. The third-order valence-corrected chi connectivity index (χ3v) is 5.02. The fraction of sp³-hybridized carbons (Fsp3) is 0.500. The SMILES string of the molecule is CCS(=O)(=O)C1N=CC(=CN=[N+]=[N-])S1. The van der Waals surface area contributed by atoms with E-state index >= 15 is 0 Å². The van der Waals surface area contributed by atoms with Crippen LogP contribution in [0.1, 0.15) is 6.92 Å². The first-order valence-electron chi connectivity index (χ1n) is 3.76. The topological polar surface area (TPSA) is 95.3 Å². The molecule has 0 amide bonds. The van der Waals surface area contributed by atoms with Crippen LogP contribution in [0.4, 0.5) is 0 Å². The molecule has 0 saturated heterocycles. The second-order valence-corrected chi connectivity index (χ2v) is 6.19. The number of thioether (sulfide) groups is 1. The molecule has 0 bridgehead atoms. The van der Waals surface area contributed by atoms with Gasteiger partial charge in [0.2, 0.25) is 4.71 Å². The second-order valence-electron chi connectivity index (χ2n) is 2.39. The van der Waals surface area contributed by atoms with Crippen molar-refractivity contribution >= 4 is 27.8 Å². The number of hydrogen-bond donors (Lipinski definition) is 0. The van der Waals surface area contributed by atoms with Crippen molar-refractivity contribution in [3.8, 4) is 0 Å². The van der Waals surface area contributed by atoms with Gasteiger partial charge in [0.1, 0.15) is 0 Å². The minimum absolute atomic E-state index is 0.0524. The molecule has 76 valence electrons. The van der Waals surface area contributed by atoms with E-state index in [0.29, 0.717) is 4.91 Å². The number of azide groups is 1. The summed E-state index contributed by atoms with van der Waals surface area (Å²) in [5.41, 5.74) is 8.04. The Morgan fingerprint density at radius 2 is 2.57 bits per heavy atom. The van der Waals surface area contributed by atoms with Gasteiger partial charge in [0.15, 0.2) is 9.84 Å². The Kier molecular flexibility index (Phi) is 3.56. The molecule has 1 unspecified atom stereocenters. The minimum atomic E-state index is -3.17. The smallest absolute Gasteiger partial charge is 0.200 e. The van der Waals surface area contributed by atoms with Gasteiger partial charge >= 0.3 is 0 Å². The molecule has 8 heteroatoms. The van der Waals surface area contributed by atoms with E-state index in [-0.39, 0.29) is 5.75 Å². The van der Waals surface area contributed by atoms with Crippen LogP contribution in [0.15, 0.2) is 21.2 Å². The summed E-state index contributed by atoms with van der Waals surface area (Å²) < 4.78 is 21.9. The molecule has 1 atom stereocenters. The molecule has 0 spiro atoms. The van der Waals surface area contributed by atoms with Crippen LogP contribution in [-0.4, -0.2) is 25.1 Å². The summed E-state index contributed by atoms with van der Waals surface area (Å²) in [4.78, 5) is 6.90. The van der Waals surface area contributed by atoms with Crippen molar-refractivity contribution in [1.29, 1.82) is 0 Å². The predicted molar refractivity (Wildman–Crippen MR) is 56.6 cm³/mol. The highest BCUT2D eigenvalue weighted by molar-refractivity contribution is 8.16. The molecule has 0 radical (unpaired) electrons. The van der Waals surface area contributed by atoms with Crippen molar-refractivity contribution < 1.29 is 8.42 Å². The van der Waals surface area contributed by atoms with Gasteiger partial charge < -0.3 is 0 Å². The van der Waals surface area contributed by atoms with Crippen molar-refractivity contribution in [2.24, 2.45) is 10.1 Å². The maximum absolute atomic E-state index is 11.4. The number of nitrogens with zero attached hydrogens (tertiary/aromatic N) is 4. The lowest BCUT2D eigenvalue weighted by Gasteiger charge is -2.04. The van der Waals surface area contributed by atoms with E-state index in [1.807, 2.05) is 0 Å². The van der Waals surface area contributed by atoms with Gasteiger partial charge in [-0.2, -0.15) is 0 Å². The Bertz CT molecular complexity index is 419. The summed E-state index contributed by atoms with van der Waals surface area (Å²) in [6.45, 7) is 1.57. The lowest BCUT2D eigenvalue weighted by molar-refractivity contribution is 0.595. The summed E-state index contributed by atoms with van der Waals surface area (Å²) in [6.07, 6.45) is 2.65. The highest BCUT2D eigenvalue weighted by atomic mass is 32.3. The van der Waals surface area contributed by atoms with E-state index in [4.69, 9.17) is 5.53 Å². The zero-order chi connectivity index (χ0) is 10.6. The monoisotopic (exact) mass is 232 g/mol. The maximum atomic E-state index is 11.4. The van der Waals surface area contributed by atoms with Crippen molar-refractivity contribution in [2.45, 2.75) is 11.6 Å². The van der Waals surface area contributed by atoms with Gasteiger partial charge in [0.05, 0.1) is 5.75 Å². The molecule has 1 aliphatic rings. The van der Waals surface area contributed by atoms with Crippen LogP contribution in [0.25, 0.3) is 10.4 Å². The van der Waals surface area contributed by atoms with Crippen molar-refractivity contribution in [3.05, 3.63) is 21.5 Å². The zero-order valence-electron chi connectivity index (χ0n) is 7.36. The standard InChI is InChI=1S/C6H8N4O2S2/c1-2-14(11,12)6-8-3-5(13-6)4-9-10-7/h3-4,6H,2H2,1H3. The molecule has 0 N–H and O–H groups in total. The Morgan fingerprint density at radius 1 is 1.86 bits per heavy atom. The second kappa shape index (κ2) is 4.50. The molecule has 0 aromatic rings. The van der Waals surface area contributed by atoms with Gasteiger partial charge in [-0.15, -0.1) is 0 Å². The molecule has 0 aliphatic carbocycles. The molecule has 1 heterocycles. The van der Waals surface area contributed by atoms with Crippen molar-refractivity contribution in [2.75, 3.05) is 5.75 Å². The molecule has 0 aromatic carbocycles. The Labute approximate surface area is 85.6 Å². The fourth-order valence-electron chi connectivity index (χ4n) is 0.767.